The van der Waals surface area contributed by atoms with Gasteiger partial charge in [-0.3, -0.25) is 0 Å². The number of hydrogen-bond donors (Lipinski definition) is 2. The van der Waals surface area contributed by atoms with Crippen LogP contribution in [0.5, 0.6) is 11.5 Å². The fraction of sp³-hybridized carbons (Fsp3) is 0. The van der Waals surface area contributed by atoms with Crippen LogP contribution in [0.1, 0.15) is 0 Å². The third kappa shape index (κ3) is 0.920. The van der Waals surface area contributed by atoms with Crippen molar-refractivity contribution in [2.24, 2.45) is 0 Å². The Labute approximate surface area is 59.0 Å². The summed E-state index contributed by atoms with van der Waals surface area (Å²) in [5.41, 5.74) is 0. The molecule has 0 aliphatic carbocycles. The van der Waals surface area contributed by atoms with Gasteiger partial charge >= 0.3 is 0 Å². The Balaban J connectivity index is 3.29. The molecule has 0 spiro atoms. The Bertz CT molecular complexity index is 210. The molecule has 9 heavy (non-hydrogen) atoms. The van der Waals surface area contributed by atoms with Gasteiger partial charge in [0.2, 0.25) is 0 Å². The topological polar surface area (TPSA) is 40.5 Å². The Morgan fingerprint density at radius 1 is 1.00 bits per heavy atom. The molecule has 2 nitrogen and oxygen atoms in total. The van der Waals surface area contributed by atoms with Crippen LogP contribution in [0.2, 0.25) is 0 Å². The minimum Gasteiger partial charge on any atom is -0.504 e. The first-order chi connectivity index (χ1) is 4.13. The lowest BCUT2D eigenvalue weighted by Gasteiger charge is -1.87. The van der Waals surface area contributed by atoms with E-state index < -0.39 is 0 Å². The molecule has 0 unspecified atom stereocenters. The van der Waals surface area contributed by atoms with E-state index in [9.17, 15) is 0 Å². The van der Waals surface area contributed by atoms with Crippen LogP contribution in [0, 0.1) is 0 Å². The maximum Gasteiger partial charge on any atom is 0.160 e. The van der Waals surface area contributed by atoms with Crippen molar-refractivity contribution in [1.29, 1.82) is 0 Å². The lowest BCUT2D eigenvalue weighted by molar-refractivity contribution is 0.412. The molecule has 2 N–H and O–H groups in total. The fourth-order valence-electron chi connectivity index (χ4n) is 0.449. The van der Waals surface area contributed by atoms with E-state index in [2.05, 4.69) is 0 Å². The quantitative estimate of drug-likeness (QED) is 0.437. The van der Waals surface area contributed by atoms with Crippen molar-refractivity contribution in [1.82, 2.24) is 0 Å². The number of aromatic hydroxyl groups is 2. The molecule has 0 saturated carbocycles. The van der Waals surface area contributed by atoms with Gasteiger partial charge in [-0.2, -0.15) is 11.3 Å². The fourth-order valence-corrected chi connectivity index (χ4v) is 1.07. The standard InChI is InChI=1S/C4H2B2O2S/c5-3-1(7)2(8)4(6)9-3/h7-8H. The number of rotatable bonds is 0. The number of thiophene rings is 1. The third-order valence-electron chi connectivity index (χ3n) is 0.911. The van der Waals surface area contributed by atoms with Crippen LogP contribution in [-0.4, -0.2) is 25.9 Å². The molecule has 1 aromatic rings. The highest BCUT2D eigenvalue weighted by atomic mass is 32.1. The van der Waals surface area contributed by atoms with E-state index in [1.807, 2.05) is 0 Å². The van der Waals surface area contributed by atoms with Crippen LogP contribution in [0.4, 0.5) is 0 Å². The van der Waals surface area contributed by atoms with Crippen molar-refractivity contribution in [3.05, 3.63) is 0 Å². The molecule has 1 heterocycles. The zero-order valence-electron chi connectivity index (χ0n) is 4.46. The highest BCUT2D eigenvalue weighted by molar-refractivity contribution is 7.27. The molecule has 5 heteroatoms. The van der Waals surface area contributed by atoms with Crippen LogP contribution in [0.3, 0.4) is 0 Å². The van der Waals surface area contributed by atoms with Gasteiger partial charge in [0.15, 0.2) is 11.5 Å². The van der Waals surface area contributed by atoms with Gasteiger partial charge in [-0.05, 0) is 9.55 Å². The van der Waals surface area contributed by atoms with Crippen LogP contribution in [-0.2, 0) is 0 Å². The summed E-state index contributed by atoms with van der Waals surface area (Å²) < 4.78 is 0.287. The molecule has 0 aliphatic heterocycles. The summed E-state index contributed by atoms with van der Waals surface area (Å²) in [5.74, 6) is -0.644. The van der Waals surface area contributed by atoms with E-state index in [4.69, 9.17) is 25.9 Å². The summed E-state index contributed by atoms with van der Waals surface area (Å²) in [5, 5.41) is 17.6. The minimum atomic E-state index is -0.322. The van der Waals surface area contributed by atoms with Crippen LogP contribution >= 0.6 is 11.3 Å². The van der Waals surface area contributed by atoms with Crippen LogP contribution in [0.25, 0.3) is 0 Å². The molecule has 0 aliphatic rings. The monoisotopic (exact) mass is 136 g/mol. The second-order valence-corrected chi connectivity index (χ2v) is 2.61. The Morgan fingerprint density at radius 2 is 1.33 bits per heavy atom. The predicted octanol–water partition coefficient (Wildman–Crippen LogP) is -1.25. The molecule has 0 bridgehead atoms. The second kappa shape index (κ2) is 1.99. The molecule has 0 saturated heterocycles. The van der Waals surface area contributed by atoms with Gasteiger partial charge in [-0.15, -0.1) is 0 Å². The van der Waals surface area contributed by atoms with Crippen molar-refractivity contribution >= 4 is 36.6 Å². The van der Waals surface area contributed by atoms with Gasteiger partial charge in [0.25, 0.3) is 0 Å². The summed E-state index contributed by atoms with van der Waals surface area (Å²) in [6.45, 7) is 0. The average molecular weight is 136 g/mol. The molecular weight excluding hydrogens is 134 g/mol. The molecule has 0 fully saturated rings. The normalized spacial score (nSPS) is 9.78. The van der Waals surface area contributed by atoms with Crippen LogP contribution in [0.15, 0.2) is 0 Å². The van der Waals surface area contributed by atoms with Crippen molar-refractivity contribution in [3.63, 3.8) is 0 Å². The van der Waals surface area contributed by atoms with E-state index >= 15 is 0 Å². The lowest BCUT2D eigenvalue weighted by atomic mass is 10.0. The van der Waals surface area contributed by atoms with Gasteiger partial charge in [-0.25, -0.2) is 0 Å². The summed E-state index contributed by atoms with van der Waals surface area (Å²) >= 11 is 0.951. The van der Waals surface area contributed by atoms with Gasteiger partial charge < -0.3 is 10.2 Å². The highest BCUT2D eigenvalue weighted by Gasteiger charge is 2.07. The maximum absolute atomic E-state index is 8.78. The molecule has 0 amide bonds. The second-order valence-electron chi connectivity index (χ2n) is 1.53. The molecule has 42 valence electrons. The van der Waals surface area contributed by atoms with Gasteiger partial charge in [-0.1, -0.05) is 0 Å². The van der Waals surface area contributed by atoms with Crippen molar-refractivity contribution in [3.8, 4) is 11.5 Å². The van der Waals surface area contributed by atoms with Crippen molar-refractivity contribution < 1.29 is 10.2 Å². The summed E-state index contributed by atoms with van der Waals surface area (Å²) in [7, 11) is 10.3. The Morgan fingerprint density at radius 3 is 1.44 bits per heavy atom. The zero-order chi connectivity index (χ0) is 7.02. The zero-order valence-corrected chi connectivity index (χ0v) is 5.27. The molecular formula is C4H2B2O2S. The Hall–Kier alpha value is -0.570. The molecule has 1 aromatic heterocycles. The SMILES string of the molecule is [B]c1sc([B])c(O)c1O. The minimum absolute atomic E-state index is 0.144. The highest BCUT2D eigenvalue weighted by Crippen LogP contribution is 2.21. The first kappa shape index (κ1) is 6.55. The van der Waals surface area contributed by atoms with E-state index in [-0.39, 0.29) is 21.1 Å². The first-order valence-corrected chi connectivity index (χ1v) is 3.00. The molecule has 0 atom stereocenters. The third-order valence-corrected chi connectivity index (χ3v) is 1.74. The lowest BCUT2D eigenvalue weighted by Crippen LogP contribution is -1.95. The van der Waals surface area contributed by atoms with Gasteiger partial charge in [0.05, 0.1) is 0 Å². The maximum atomic E-state index is 8.78. The largest absolute Gasteiger partial charge is 0.504 e. The van der Waals surface area contributed by atoms with Crippen molar-refractivity contribution in [2.75, 3.05) is 0 Å². The number of hydrogen-bond acceptors (Lipinski definition) is 3. The molecule has 1 rings (SSSR count). The Kier molecular flexibility index (Phi) is 1.45. The van der Waals surface area contributed by atoms with Gasteiger partial charge in [0.1, 0.15) is 15.7 Å². The van der Waals surface area contributed by atoms with E-state index in [1.54, 1.807) is 0 Å². The average Bonchev–Trinajstić information content (AvgIpc) is 1.98. The predicted molar refractivity (Wildman–Crippen MR) is 38.4 cm³/mol. The van der Waals surface area contributed by atoms with E-state index in [1.165, 1.54) is 0 Å². The van der Waals surface area contributed by atoms with E-state index in [0.717, 1.165) is 11.3 Å². The van der Waals surface area contributed by atoms with Gasteiger partial charge in [0, 0.05) is 0 Å². The summed E-state index contributed by atoms with van der Waals surface area (Å²) in [4.78, 5) is 0. The first-order valence-electron chi connectivity index (χ1n) is 2.18. The molecule has 0 aromatic carbocycles. The van der Waals surface area contributed by atoms with Crippen LogP contribution < -0.4 is 9.55 Å². The van der Waals surface area contributed by atoms with E-state index in [0.29, 0.717) is 0 Å². The molecule has 4 radical (unpaired) electrons. The summed E-state index contributed by atoms with van der Waals surface area (Å²) in [6.07, 6.45) is 0. The van der Waals surface area contributed by atoms with Crippen molar-refractivity contribution in [2.45, 2.75) is 0 Å². The summed E-state index contributed by atoms with van der Waals surface area (Å²) in [6, 6.07) is 0. The smallest absolute Gasteiger partial charge is 0.160 e.